The first-order valence-corrected chi connectivity index (χ1v) is 6.98. The van der Waals surface area contributed by atoms with Crippen LogP contribution in [0.5, 0.6) is 17.2 Å². The van der Waals surface area contributed by atoms with E-state index in [1.807, 2.05) is 12.1 Å². The fourth-order valence-corrected chi connectivity index (χ4v) is 2.78. The van der Waals surface area contributed by atoms with Crippen molar-refractivity contribution in [2.75, 3.05) is 14.2 Å². The molecule has 0 radical (unpaired) electrons. The molecule has 1 heterocycles. The molecule has 2 aromatic rings. The topological polar surface area (TPSA) is 68.2 Å². The lowest BCUT2D eigenvalue weighted by Crippen LogP contribution is -2.46. The molecule has 2 aromatic carbocycles. The van der Waals surface area contributed by atoms with Gasteiger partial charge in [-0.15, -0.1) is 0 Å². The van der Waals surface area contributed by atoms with Gasteiger partial charge in [-0.3, -0.25) is 0 Å². The molecule has 3 rings (SSSR count). The molecule has 116 valence electrons. The summed E-state index contributed by atoms with van der Waals surface area (Å²) in [5.41, 5.74) is 1.58. The van der Waals surface area contributed by atoms with E-state index in [4.69, 9.17) is 14.2 Å². The maximum atomic E-state index is 10.3. The summed E-state index contributed by atoms with van der Waals surface area (Å²) in [7, 11) is 3.10. The van der Waals surface area contributed by atoms with Crippen LogP contribution < -0.4 is 14.2 Å². The maximum Gasteiger partial charge on any atom is 0.329 e. The maximum absolute atomic E-state index is 10.3. The summed E-state index contributed by atoms with van der Waals surface area (Å²) in [6.45, 7) is 0. The number of methoxy groups -OCH3 is 2. The summed E-state index contributed by atoms with van der Waals surface area (Å²) in [6.07, 6.45) is 0.436. The van der Waals surface area contributed by atoms with Gasteiger partial charge in [-0.05, 0) is 24.1 Å². The van der Waals surface area contributed by atoms with Gasteiger partial charge in [0.2, 0.25) is 0 Å². The molecule has 0 amide bonds. The predicted molar refractivity (Wildman–Crippen MR) is 80.2 cm³/mol. The summed E-state index contributed by atoms with van der Waals surface area (Å²) in [6, 6.07) is 12.6. The normalized spacial score (nSPS) is 19.0. The molecule has 5 nitrogen and oxygen atoms in total. The largest absolute Gasteiger partial charge is 0.497 e. The van der Waals surface area contributed by atoms with Crippen molar-refractivity contribution in [3.63, 3.8) is 0 Å². The van der Waals surface area contributed by atoms with E-state index >= 15 is 0 Å². The molecule has 1 atom stereocenters. The second kappa shape index (κ2) is 5.51. The van der Waals surface area contributed by atoms with Gasteiger partial charge in [0.25, 0.3) is 0 Å². The molecule has 0 aliphatic carbocycles. The van der Waals surface area contributed by atoms with Crippen LogP contribution in [0.15, 0.2) is 42.5 Å². The highest BCUT2D eigenvalue weighted by Gasteiger charge is 2.44. The van der Waals surface area contributed by atoms with Crippen molar-refractivity contribution in [1.82, 2.24) is 0 Å². The highest BCUT2D eigenvalue weighted by molar-refractivity contribution is 5.46. The molecule has 0 bridgehead atoms. The predicted octanol–water partition coefficient (Wildman–Crippen LogP) is 2.06. The first kappa shape index (κ1) is 14.7. The Labute approximate surface area is 128 Å². The van der Waals surface area contributed by atoms with Crippen molar-refractivity contribution in [3.05, 3.63) is 53.6 Å². The third-order valence-electron chi connectivity index (χ3n) is 3.93. The van der Waals surface area contributed by atoms with Crippen LogP contribution in [0.4, 0.5) is 0 Å². The number of aliphatic hydroxyl groups is 2. The third kappa shape index (κ3) is 2.49. The number of benzene rings is 2. The minimum atomic E-state index is -2.30. The second-order valence-electron chi connectivity index (χ2n) is 5.23. The first-order chi connectivity index (χ1) is 10.5. The summed E-state index contributed by atoms with van der Waals surface area (Å²) >= 11 is 0. The molecule has 22 heavy (non-hydrogen) atoms. The molecular weight excluding hydrogens is 284 g/mol. The number of hydrogen-bond acceptors (Lipinski definition) is 5. The van der Waals surface area contributed by atoms with Crippen LogP contribution >= 0.6 is 0 Å². The van der Waals surface area contributed by atoms with Crippen LogP contribution in [-0.4, -0.2) is 30.4 Å². The number of para-hydroxylation sites is 1. The molecule has 0 saturated carbocycles. The molecule has 0 fully saturated rings. The Morgan fingerprint density at radius 1 is 1.09 bits per heavy atom. The highest BCUT2D eigenvalue weighted by atomic mass is 16.8. The molecule has 1 unspecified atom stereocenters. The van der Waals surface area contributed by atoms with E-state index in [0.717, 1.165) is 5.56 Å². The van der Waals surface area contributed by atoms with E-state index in [9.17, 15) is 10.2 Å². The lowest BCUT2D eigenvalue weighted by Gasteiger charge is -2.37. The van der Waals surface area contributed by atoms with Crippen molar-refractivity contribution in [2.45, 2.75) is 18.3 Å². The Morgan fingerprint density at radius 2 is 1.86 bits per heavy atom. The van der Waals surface area contributed by atoms with E-state index in [-0.39, 0.29) is 0 Å². The van der Waals surface area contributed by atoms with Crippen molar-refractivity contribution < 1.29 is 24.4 Å². The second-order valence-corrected chi connectivity index (χ2v) is 5.23. The smallest absolute Gasteiger partial charge is 0.329 e. The van der Waals surface area contributed by atoms with E-state index in [2.05, 4.69) is 0 Å². The highest BCUT2D eigenvalue weighted by Crippen LogP contribution is 2.43. The molecule has 0 saturated heterocycles. The average molecular weight is 302 g/mol. The zero-order chi connectivity index (χ0) is 15.7. The van der Waals surface area contributed by atoms with Gasteiger partial charge in [0.05, 0.1) is 20.1 Å². The minimum Gasteiger partial charge on any atom is -0.497 e. The van der Waals surface area contributed by atoms with Crippen molar-refractivity contribution in [2.24, 2.45) is 0 Å². The zero-order valence-corrected chi connectivity index (χ0v) is 12.4. The summed E-state index contributed by atoms with van der Waals surface area (Å²) in [4.78, 5) is 0. The Balaban J connectivity index is 2.04. The van der Waals surface area contributed by atoms with E-state index < -0.39 is 11.9 Å². The minimum absolute atomic E-state index is 0.436. The standard InChI is InChI=1S/C17H18O5/c1-20-12-7-8-13(16(10-12)21-2)14-9-11-5-3-4-6-15(11)22-17(14,18)19/h3-8,10,14,18-19H,9H2,1-2H3. The number of fused-ring (bicyclic) bond motifs is 1. The molecule has 0 aromatic heterocycles. The van der Waals surface area contributed by atoms with Gasteiger partial charge >= 0.3 is 5.97 Å². The van der Waals surface area contributed by atoms with Gasteiger partial charge in [-0.1, -0.05) is 24.3 Å². The fourth-order valence-electron chi connectivity index (χ4n) is 2.78. The van der Waals surface area contributed by atoms with Crippen LogP contribution in [0.2, 0.25) is 0 Å². The summed E-state index contributed by atoms with van der Waals surface area (Å²) in [5, 5.41) is 20.7. The average Bonchev–Trinajstić information content (AvgIpc) is 2.53. The van der Waals surface area contributed by atoms with E-state index in [1.54, 1.807) is 37.4 Å². The lowest BCUT2D eigenvalue weighted by molar-refractivity contribution is -0.311. The molecule has 0 spiro atoms. The molecule has 1 aliphatic rings. The molecular formula is C17H18O5. The molecule has 1 aliphatic heterocycles. The van der Waals surface area contributed by atoms with Crippen molar-refractivity contribution >= 4 is 0 Å². The Kier molecular flexibility index (Phi) is 3.68. The lowest BCUT2D eigenvalue weighted by atomic mass is 9.86. The summed E-state index contributed by atoms with van der Waals surface area (Å²) < 4.78 is 15.9. The molecule has 5 heteroatoms. The van der Waals surface area contributed by atoms with Crippen LogP contribution in [0.25, 0.3) is 0 Å². The van der Waals surface area contributed by atoms with Crippen LogP contribution in [0.3, 0.4) is 0 Å². The van der Waals surface area contributed by atoms with Gasteiger partial charge in [0, 0.05) is 11.6 Å². The summed E-state index contributed by atoms with van der Waals surface area (Å²) in [5.74, 6) is -1.31. The number of ether oxygens (including phenoxy) is 3. The van der Waals surface area contributed by atoms with Gasteiger partial charge in [0.15, 0.2) is 0 Å². The van der Waals surface area contributed by atoms with Gasteiger partial charge in [-0.25, -0.2) is 0 Å². The van der Waals surface area contributed by atoms with Crippen LogP contribution in [0.1, 0.15) is 17.0 Å². The SMILES string of the molecule is COc1ccc(C2Cc3ccccc3OC2(O)O)c(OC)c1. The fraction of sp³-hybridized carbons (Fsp3) is 0.294. The first-order valence-electron chi connectivity index (χ1n) is 6.98. The van der Waals surface area contributed by atoms with E-state index in [1.165, 1.54) is 7.11 Å². The Morgan fingerprint density at radius 3 is 2.59 bits per heavy atom. The molecule has 2 N–H and O–H groups in total. The van der Waals surface area contributed by atoms with Gasteiger partial charge in [0.1, 0.15) is 17.2 Å². The Bertz CT molecular complexity index is 680. The monoisotopic (exact) mass is 302 g/mol. The number of rotatable bonds is 3. The van der Waals surface area contributed by atoms with Crippen molar-refractivity contribution in [1.29, 1.82) is 0 Å². The third-order valence-corrected chi connectivity index (χ3v) is 3.93. The Hall–Kier alpha value is -2.24. The number of hydrogen-bond donors (Lipinski definition) is 2. The quantitative estimate of drug-likeness (QED) is 0.850. The van der Waals surface area contributed by atoms with Gasteiger partial charge < -0.3 is 24.4 Å². The van der Waals surface area contributed by atoms with E-state index in [0.29, 0.717) is 29.2 Å². The van der Waals surface area contributed by atoms with Gasteiger partial charge in [-0.2, -0.15) is 0 Å². The van der Waals surface area contributed by atoms with Crippen LogP contribution in [0, 0.1) is 0 Å². The van der Waals surface area contributed by atoms with Crippen molar-refractivity contribution in [3.8, 4) is 17.2 Å². The zero-order valence-electron chi connectivity index (χ0n) is 12.4. The van der Waals surface area contributed by atoms with Crippen LogP contribution in [-0.2, 0) is 6.42 Å².